The van der Waals surface area contributed by atoms with E-state index in [0.29, 0.717) is 52.8 Å². The highest BCUT2D eigenvalue weighted by Gasteiger charge is 2.22. The number of H-pyrrole nitrogens is 1. The van der Waals surface area contributed by atoms with Gasteiger partial charge in [0.25, 0.3) is 11.8 Å². The van der Waals surface area contributed by atoms with Crippen molar-refractivity contribution in [2.24, 2.45) is 0 Å². The molecule has 4 aromatic carbocycles. The van der Waals surface area contributed by atoms with Crippen LogP contribution in [0.3, 0.4) is 0 Å². The standard InChI is InChI=1S/C35H34ClN3O6S/c1-23-21-28(22-24(2)32(23)36)44-19-8-12-30-29-11-6-7-13-31(29)38-33(30)35(41)39-46(42,43)20-18-37-34(40)25-14-16-27(17-15-25)45-26-9-4-3-5-10-26/h3-7,9-11,13-17,21-22,38H,8,12,18-20H2,1-2H3,(H,37,40)(H,39,41). The number of rotatable bonds is 13. The number of carbonyl (C=O) groups is 2. The Morgan fingerprint density at radius 2 is 1.48 bits per heavy atom. The van der Waals surface area contributed by atoms with Crippen LogP contribution in [0, 0.1) is 13.8 Å². The van der Waals surface area contributed by atoms with Gasteiger partial charge in [0.1, 0.15) is 22.9 Å². The normalized spacial score (nSPS) is 11.3. The zero-order valence-electron chi connectivity index (χ0n) is 25.4. The third kappa shape index (κ3) is 8.26. The molecule has 0 radical (unpaired) electrons. The number of halogens is 1. The maximum Gasteiger partial charge on any atom is 0.281 e. The Hall–Kier alpha value is -4.80. The first-order valence-corrected chi connectivity index (χ1v) is 16.8. The molecule has 2 amide bonds. The number of carbonyl (C=O) groups excluding carboxylic acids is 2. The molecule has 46 heavy (non-hydrogen) atoms. The van der Waals surface area contributed by atoms with E-state index in [1.807, 2.05) is 80.6 Å². The van der Waals surface area contributed by atoms with Crippen LogP contribution in [0.4, 0.5) is 0 Å². The van der Waals surface area contributed by atoms with Gasteiger partial charge in [0.2, 0.25) is 10.0 Å². The van der Waals surface area contributed by atoms with Crippen LogP contribution in [-0.4, -0.2) is 44.1 Å². The van der Waals surface area contributed by atoms with Crippen molar-refractivity contribution in [3.63, 3.8) is 0 Å². The van der Waals surface area contributed by atoms with Gasteiger partial charge in [-0.2, -0.15) is 0 Å². The molecule has 0 atom stereocenters. The fourth-order valence-electron chi connectivity index (χ4n) is 5.03. The molecule has 0 aliphatic heterocycles. The van der Waals surface area contributed by atoms with Gasteiger partial charge in [0.05, 0.1) is 12.4 Å². The van der Waals surface area contributed by atoms with E-state index in [4.69, 9.17) is 21.1 Å². The van der Waals surface area contributed by atoms with E-state index < -0.39 is 27.6 Å². The quantitative estimate of drug-likeness (QED) is 0.120. The molecule has 5 rings (SSSR count). The van der Waals surface area contributed by atoms with Crippen LogP contribution < -0.4 is 19.5 Å². The van der Waals surface area contributed by atoms with Crippen molar-refractivity contribution in [3.8, 4) is 17.2 Å². The first-order valence-electron chi connectivity index (χ1n) is 14.7. The molecule has 3 N–H and O–H groups in total. The van der Waals surface area contributed by atoms with E-state index in [2.05, 4.69) is 15.0 Å². The van der Waals surface area contributed by atoms with Crippen molar-refractivity contribution in [1.29, 1.82) is 0 Å². The lowest BCUT2D eigenvalue weighted by Crippen LogP contribution is -2.37. The fraction of sp³-hybridized carbons (Fsp3) is 0.200. The number of fused-ring (bicyclic) bond motifs is 1. The maximum atomic E-state index is 13.2. The van der Waals surface area contributed by atoms with Gasteiger partial charge in [0, 0.05) is 28.0 Å². The summed E-state index contributed by atoms with van der Waals surface area (Å²) in [7, 11) is -4.06. The Kier molecular flexibility index (Phi) is 10.3. The predicted octanol–water partition coefficient (Wildman–Crippen LogP) is 6.73. The summed E-state index contributed by atoms with van der Waals surface area (Å²) in [5.41, 5.74) is 3.79. The summed E-state index contributed by atoms with van der Waals surface area (Å²) < 4.78 is 39.5. The fourth-order valence-corrected chi connectivity index (χ4v) is 5.99. The smallest absolute Gasteiger partial charge is 0.281 e. The number of aryl methyl sites for hydroxylation is 3. The van der Waals surface area contributed by atoms with Crippen LogP contribution in [0.1, 0.15) is 44.0 Å². The Bertz CT molecular complexity index is 1940. The van der Waals surface area contributed by atoms with Crippen molar-refractivity contribution in [1.82, 2.24) is 15.0 Å². The molecule has 0 unspecified atom stereocenters. The minimum absolute atomic E-state index is 0.171. The average Bonchev–Trinajstić information content (AvgIpc) is 3.41. The molecule has 9 nitrogen and oxygen atoms in total. The van der Waals surface area contributed by atoms with Gasteiger partial charge in [-0.25, -0.2) is 13.1 Å². The molecule has 238 valence electrons. The number of benzene rings is 4. The molecule has 1 aromatic heterocycles. The van der Waals surface area contributed by atoms with Crippen molar-refractivity contribution in [3.05, 3.63) is 124 Å². The second-order valence-corrected chi connectivity index (χ2v) is 13.0. The van der Waals surface area contributed by atoms with Crippen LogP contribution in [0.5, 0.6) is 17.2 Å². The van der Waals surface area contributed by atoms with Crippen LogP contribution in [0.2, 0.25) is 5.02 Å². The summed E-state index contributed by atoms with van der Waals surface area (Å²) >= 11 is 6.26. The minimum atomic E-state index is -4.06. The molecule has 11 heteroatoms. The van der Waals surface area contributed by atoms with Crippen molar-refractivity contribution >= 4 is 44.3 Å². The lowest BCUT2D eigenvalue weighted by atomic mass is 10.1. The van der Waals surface area contributed by atoms with Crippen LogP contribution in [0.25, 0.3) is 10.9 Å². The number of para-hydroxylation sites is 2. The predicted molar refractivity (Wildman–Crippen MR) is 180 cm³/mol. The number of aromatic nitrogens is 1. The van der Waals surface area contributed by atoms with Gasteiger partial charge in [0.15, 0.2) is 0 Å². The SMILES string of the molecule is Cc1cc(OCCCc2c(C(=O)NS(=O)(=O)CCNC(=O)c3ccc(Oc4ccccc4)cc3)[nH]c3ccccc23)cc(C)c1Cl. The molecular formula is C35H34ClN3O6S. The van der Waals surface area contributed by atoms with Gasteiger partial charge in [-0.3, -0.25) is 9.59 Å². The Labute approximate surface area is 272 Å². The highest BCUT2D eigenvalue weighted by atomic mass is 35.5. The molecule has 0 saturated heterocycles. The van der Waals surface area contributed by atoms with Gasteiger partial charge < -0.3 is 19.8 Å². The zero-order chi connectivity index (χ0) is 32.7. The summed E-state index contributed by atoms with van der Waals surface area (Å²) in [6, 6.07) is 26.9. The van der Waals surface area contributed by atoms with Crippen LogP contribution in [0.15, 0.2) is 91.0 Å². The first kappa shape index (κ1) is 32.6. The number of hydrogen-bond acceptors (Lipinski definition) is 6. The highest BCUT2D eigenvalue weighted by molar-refractivity contribution is 7.90. The average molecular weight is 660 g/mol. The van der Waals surface area contributed by atoms with E-state index >= 15 is 0 Å². The second-order valence-electron chi connectivity index (χ2n) is 10.8. The van der Waals surface area contributed by atoms with Crippen LogP contribution in [-0.2, 0) is 16.4 Å². The third-order valence-electron chi connectivity index (χ3n) is 7.29. The summed E-state index contributed by atoms with van der Waals surface area (Å²) in [6.07, 6.45) is 1.06. The van der Waals surface area contributed by atoms with Gasteiger partial charge >= 0.3 is 0 Å². The molecule has 0 bridgehead atoms. The molecule has 0 saturated carbocycles. The molecule has 0 aliphatic rings. The van der Waals surface area contributed by atoms with Crippen molar-refractivity contribution in [2.75, 3.05) is 18.9 Å². The third-order valence-corrected chi connectivity index (χ3v) is 9.12. The first-order chi connectivity index (χ1) is 22.1. The molecular weight excluding hydrogens is 626 g/mol. The number of ether oxygens (including phenoxy) is 2. The van der Waals surface area contributed by atoms with Gasteiger partial charge in [-0.1, -0.05) is 48.0 Å². The van der Waals surface area contributed by atoms with Crippen LogP contribution >= 0.6 is 11.6 Å². The zero-order valence-corrected chi connectivity index (χ0v) is 27.0. The summed E-state index contributed by atoms with van der Waals surface area (Å²) in [5, 5.41) is 4.13. The monoisotopic (exact) mass is 659 g/mol. The summed E-state index contributed by atoms with van der Waals surface area (Å²) in [5.74, 6) is 0.239. The number of hydrogen-bond donors (Lipinski definition) is 3. The van der Waals surface area contributed by atoms with E-state index in [1.54, 1.807) is 24.3 Å². The lowest BCUT2D eigenvalue weighted by Gasteiger charge is -2.11. The molecule has 0 aliphatic carbocycles. The molecule has 1 heterocycles. The molecule has 0 fully saturated rings. The number of amides is 2. The molecule has 0 spiro atoms. The maximum absolute atomic E-state index is 13.2. The minimum Gasteiger partial charge on any atom is -0.494 e. The lowest BCUT2D eigenvalue weighted by molar-refractivity contribution is 0.0954. The number of sulfonamides is 1. The van der Waals surface area contributed by atoms with Crippen molar-refractivity contribution in [2.45, 2.75) is 26.7 Å². The Morgan fingerprint density at radius 3 is 2.20 bits per heavy atom. The van der Waals surface area contributed by atoms with E-state index in [-0.39, 0.29) is 12.2 Å². The highest BCUT2D eigenvalue weighted by Crippen LogP contribution is 2.27. The topological polar surface area (TPSA) is 127 Å². The number of aromatic amines is 1. The molecule has 5 aromatic rings. The Balaban J connectivity index is 1.16. The van der Waals surface area contributed by atoms with Crippen molar-refractivity contribution < 1.29 is 27.5 Å². The Morgan fingerprint density at radius 1 is 0.826 bits per heavy atom. The van der Waals surface area contributed by atoms with Gasteiger partial charge in [-0.05, 0) is 98.0 Å². The van der Waals surface area contributed by atoms with E-state index in [1.165, 1.54) is 0 Å². The number of nitrogens with one attached hydrogen (secondary N) is 3. The van der Waals surface area contributed by atoms with Gasteiger partial charge in [-0.15, -0.1) is 0 Å². The van der Waals surface area contributed by atoms with E-state index in [9.17, 15) is 18.0 Å². The largest absolute Gasteiger partial charge is 0.494 e. The summed E-state index contributed by atoms with van der Waals surface area (Å²) in [6.45, 7) is 4.04. The second kappa shape index (κ2) is 14.5. The summed E-state index contributed by atoms with van der Waals surface area (Å²) in [4.78, 5) is 28.9. The van der Waals surface area contributed by atoms with E-state index in [0.717, 1.165) is 22.0 Å².